The fraction of sp³-hybridized carbons (Fsp3) is 0.538. The van der Waals surface area contributed by atoms with E-state index in [1.54, 1.807) is 13.0 Å². The molecule has 1 aromatic carbocycles. The number of nitrogens with two attached hydrogens (primary N) is 1. The number of benzene rings is 1. The van der Waals surface area contributed by atoms with E-state index >= 15 is 0 Å². The molecule has 1 unspecified atom stereocenters. The van der Waals surface area contributed by atoms with E-state index < -0.39 is 10.0 Å². The molecule has 1 aromatic rings. The second kappa shape index (κ2) is 5.99. The average Bonchev–Trinajstić information content (AvgIpc) is 2.37. The molecule has 0 bridgehead atoms. The van der Waals surface area contributed by atoms with Gasteiger partial charge in [-0.05, 0) is 43.9 Å². The molecule has 20 heavy (non-hydrogen) atoms. The number of nitrogen functional groups attached to an aromatic ring is 1. The Kier molecular flexibility index (Phi) is 4.52. The van der Waals surface area contributed by atoms with Gasteiger partial charge in [0.15, 0.2) is 0 Å². The van der Waals surface area contributed by atoms with Crippen LogP contribution in [0.4, 0.5) is 5.69 Å². The third-order valence-electron chi connectivity index (χ3n) is 3.20. The van der Waals surface area contributed by atoms with Crippen LogP contribution >= 0.6 is 0 Å². The highest BCUT2D eigenvalue weighted by molar-refractivity contribution is 7.89. The number of rotatable bonds is 5. The largest absolute Gasteiger partial charge is 0.492 e. The van der Waals surface area contributed by atoms with E-state index in [9.17, 15) is 8.42 Å². The Morgan fingerprint density at radius 2 is 2.25 bits per heavy atom. The van der Waals surface area contributed by atoms with E-state index in [1.165, 1.54) is 6.07 Å². The van der Waals surface area contributed by atoms with Crippen molar-refractivity contribution in [1.29, 1.82) is 0 Å². The van der Waals surface area contributed by atoms with Gasteiger partial charge in [0.1, 0.15) is 10.6 Å². The number of fused-ring (bicyclic) bond motifs is 1. The van der Waals surface area contributed by atoms with E-state index in [0.29, 0.717) is 24.5 Å². The molecule has 0 aliphatic carbocycles. The Hall–Kier alpha value is -1.31. The zero-order valence-electron chi connectivity index (χ0n) is 11.4. The lowest BCUT2D eigenvalue weighted by Crippen LogP contribution is -2.34. The molecule has 4 N–H and O–H groups in total. The van der Waals surface area contributed by atoms with Gasteiger partial charge in [-0.2, -0.15) is 0 Å². The van der Waals surface area contributed by atoms with Gasteiger partial charge in [-0.25, -0.2) is 13.1 Å². The molecule has 1 aliphatic rings. The lowest BCUT2D eigenvalue weighted by atomic mass is 10.1. The van der Waals surface area contributed by atoms with Crippen LogP contribution in [-0.4, -0.2) is 32.8 Å². The number of anilines is 1. The van der Waals surface area contributed by atoms with Gasteiger partial charge in [0.2, 0.25) is 10.0 Å². The zero-order chi connectivity index (χ0) is 14.8. The molecule has 1 heterocycles. The van der Waals surface area contributed by atoms with Gasteiger partial charge in [-0.1, -0.05) is 0 Å². The normalized spacial score (nSPS) is 16.3. The molecule has 0 saturated carbocycles. The van der Waals surface area contributed by atoms with Crippen LogP contribution in [-0.2, 0) is 16.4 Å². The first-order chi connectivity index (χ1) is 9.44. The van der Waals surface area contributed by atoms with Gasteiger partial charge < -0.3 is 15.6 Å². The van der Waals surface area contributed by atoms with Gasteiger partial charge in [-0.3, -0.25) is 0 Å². The van der Waals surface area contributed by atoms with Gasteiger partial charge in [0, 0.05) is 18.3 Å². The third-order valence-corrected chi connectivity index (χ3v) is 4.79. The molecule has 0 spiro atoms. The SMILES string of the molecule is CC(CCO)NS(=O)(=O)c1cc(N)cc2c1OCCC2. The van der Waals surface area contributed by atoms with E-state index in [-0.39, 0.29) is 17.5 Å². The van der Waals surface area contributed by atoms with Gasteiger partial charge in [0.25, 0.3) is 0 Å². The van der Waals surface area contributed by atoms with Crippen molar-refractivity contribution in [1.82, 2.24) is 4.72 Å². The molecule has 6 nitrogen and oxygen atoms in total. The molecule has 0 fully saturated rings. The molecule has 112 valence electrons. The van der Waals surface area contributed by atoms with Crippen molar-refractivity contribution in [3.05, 3.63) is 17.7 Å². The zero-order valence-corrected chi connectivity index (χ0v) is 12.2. The minimum atomic E-state index is -3.71. The first-order valence-electron chi connectivity index (χ1n) is 6.62. The van der Waals surface area contributed by atoms with Crippen molar-refractivity contribution < 1.29 is 18.3 Å². The van der Waals surface area contributed by atoms with Crippen LogP contribution in [0.5, 0.6) is 5.75 Å². The van der Waals surface area contributed by atoms with E-state index in [2.05, 4.69) is 4.72 Å². The number of sulfonamides is 1. The molecule has 0 radical (unpaired) electrons. The summed E-state index contributed by atoms with van der Waals surface area (Å²) in [5, 5.41) is 8.86. The van der Waals surface area contributed by atoms with Gasteiger partial charge >= 0.3 is 0 Å². The van der Waals surface area contributed by atoms with Crippen LogP contribution in [0.1, 0.15) is 25.3 Å². The second-order valence-corrected chi connectivity index (χ2v) is 6.68. The monoisotopic (exact) mass is 300 g/mol. The Morgan fingerprint density at radius 3 is 2.95 bits per heavy atom. The summed E-state index contributed by atoms with van der Waals surface area (Å²) in [4.78, 5) is 0.0805. The van der Waals surface area contributed by atoms with Crippen LogP contribution in [0.3, 0.4) is 0 Å². The summed E-state index contributed by atoms with van der Waals surface area (Å²) in [6.45, 7) is 2.13. The van der Waals surface area contributed by atoms with E-state index in [0.717, 1.165) is 18.4 Å². The van der Waals surface area contributed by atoms with Gasteiger partial charge in [0.05, 0.1) is 6.61 Å². The summed E-state index contributed by atoms with van der Waals surface area (Å²) in [7, 11) is -3.71. The molecule has 2 rings (SSSR count). The average molecular weight is 300 g/mol. The number of ether oxygens (including phenoxy) is 1. The lowest BCUT2D eigenvalue weighted by molar-refractivity contribution is 0.274. The number of hydrogen-bond donors (Lipinski definition) is 3. The smallest absolute Gasteiger partial charge is 0.244 e. The number of aliphatic hydroxyl groups excluding tert-OH is 1. The quantitative estimate of drug-likeness (QED) is 0.693. The summed E-state index contributed by atoms with van der Waals surface area (Å²) >= 11 is 0. The lowest BCUT2D eigenvalue weighted by Gasteiger charge is -2.22. The summed E-state index contributed by atoms with van der Waals surface area (Å²) in [5.41, 5.74) is 7.01. The van der Waals surface area contributed by atoms with Crippen LogP contribution in [0.15, 0.2) is 17.0 Å². The van der Waals surface area contributed by atoms with E-state index in [4.69, 9.17) is 15.6 Å². The molecular formula is C13H20N2O4S. The maximum absolute atomic E-state index is 12.4. The Balaban J connectivity index is 2.38. The van der Waals surface area contributed by atoms with Crippen LogP contribution in [0.25, 0.3) is 0 Å². The highest BCUT2D eigenvalue weighted by atomic mass is 32.2. The van der Waals surface area contributed by atoms with Crippen molar-refractivity contribution in [2.45, 2.75) is 37.1 Å². The van der Waals surface area contributed by atoms with Crippen molar-refractivity contribution in [2.24, 2.45) is 0 Å². The first-order valence-corrected chi connectivity index (χ1v) is 8.10. The molecule has 1 atom stereocenters. The van der Waals surface area contributed by atoms with Crippen LogP contribution in [0, 0.1) is 0 Å². The Labute approximate surface area is 119 Å². The fourth-order valence-electron chi connectivity index (χ4n) is 2.25. The topological polar surface area (TPSA) is 102 Å². The third kappa shape index (κ3) is 3.23. The maximum Gasteiger partial charge on any atom is 0.244 e. The van der Waals surface area contributed by atoms with Crippen molar-refractivity contribution in [3.63, 3.8) is 0 Å². The highest BCUT2D eigenvalue weighted by Crippen LogP contribution is 2.34. The summed E-state index contributed by atoms with van der Waals surface area (Å²) in [6.07, 6.45) is 1.96. The fourth-order valence-corrected chi connectivity index (χ4v) is 3.75. The van der Waals surface area contributed by atoms with Crippen LogP contribution in [0.2, 0.25) is 0 Å². The summed E-state index contributed by atoms with van der Waals surface area (Å²) in [5.74, 6) is 0.397. The predicted molar refractivity (Wildman–Crippen MR) is 76.2 cm³/mol. The van der Waals surface area contributed by atoms with Gasteiger partial charge in [-0.15, -0.1) is 0 Å². The highest BCUT2D eigenvalue weighted by Gasteiger charge is 2.26. The predicted octanol–water partition coefficient (Wildman–Crippen LogP) is 0.643. The molecular weight excluding hydrogens is 280 g/mol. The van der Waals surface area contributed by atoms with Crippen molar-refractivity contribution in [2.75, 3.05) is 18.9 Å². The van der Waals surface area contributed by atoms with Crippen molar-refractivity contribution in [3.8, 4) is 5.75 Å². The summed E-state index contributed by atoms with van der Waals surface area (Å²) < 4.78 is 32.9. The van der Waals surface area contributed by atoms with Crippen molar-refractivity contribution >= 4 is 15.7 Å². The first kappa shape index (κ1) is 15.1. The molecule has 0 saturated heterocycles. The number of hydrogen-bond acceptors (Lipinski definition) is 5. The number of nitrogens with one attached hydrogen (secondary N) is 1. The number of aliphatic hydroxyl groups is 1. The molecule has 0 amide bonds. The van der Waals surface area contributed by atoms with Crippen LogP contribution < -0.4 is 15.2 Å². The number of aryl methyl sites for hydroxylation is 1. The minimum Gasteiger partial charge on any atom is -0.492 e. The summed E-state index contributed by atoms with van der Waals surface area (Å²) in [6, 6.07) is 2.81. The molecule has 0 aromatic heterocycles. The Bertz CT molecular complexity index is 586. The maximum atomic E-state index is 12.4. The standard InChI is InChI=1S/C13H20N2O4S/c1-9(4-5-16)15-20(17,18)12-8-11(14)7-10-3-2-6-19-13(10)12/h7-9,15-16H,2-6,14H2,1H3. The van der Waals surface area contributed by atoms with E-state index in [1.807, 2.05) is 0 Å². The minimum absolute atomic E-state index is 0.0742. The second-order valence-electron chi connectivity index (χ2n) is 4.99. The Morgan fingerprint density at radius 1 is 1.50 bits per heavy atom. The molecule has 1 aliphatic heterocycles. The molecule has 7 heteroatoms.